The fourth-order valence-electron chi connectivity index (χ4n) is 1.58. The zero-order chi connectivity index (χ0) is 12.8. The van der Waals surface area contributed by atoms with Gasteiger partial charge in [-0.15, -0.1) is 0 Å². The van der Waals surface area contributed by atoms with Gasteiger partial charge in [0.25, 0.3) is 0 Å². The SMILES string of the molecule is C=CC(=O)OCCc1c(C)cccc1C(N)=O. The average molecular weight is 233 g/mol. The van der Waals surface area contributed by atoms with Gasteiger partial charge in [0.15, 0.2) is 0 Å². The van der Waals surface area contributed by atoms with Gasteiger partial charge in [-0.25, -0.2) is 4.79 Å². The second kappa shape index (κ2) is 5.84. The number of benzene rings is 1. The Morgan fingerprint density at radius 2 is 2.18 bits per heavy atom. The molecule has 2 N–H and O–H groups in total. The summed E-state index contributed by atoms with van der Waals surface area (Å²) in [6, 6.07) is 5.33. The first-order chi connectivity index (χ1) is 8.06. The van der Waals surface area contributed by atoms with E-state index in [9.17, 15) is 9.59 Å². The van der Waals surface area contributed by atoms with Crippen LogP contribution in [0.3, 0.4) is 0 Å². The number of rotatable bonds is 5. The highest BCUT2D eigenvalue weighted by molar-refractivity contribution is 5.94. The van der Waals surface area contributed by atoms with E-state index in [4.69, 9.17) is 10.5 Å². The summed E-state index contributed by atoms with van der Waals surface area (Å²) in [6.45, 7) is 5.39. The number of hydrogen-bond acceptors (Lipinski definition) is 3. The van der Waals surface area contributed by atoms with Crippen LogP contribution in [-0.4, -0.2) is 18.5 Å². The number of nitrogens with two attached hydrogens (primary N) is 1. The molecule has 4 heteroatoms. The Morgan fingerprint density at radius 1 is 1.47 bits per heavy atom. The summed E-state index contributed by atoms with van der Waals surface area (Å²) in [6.07, 6.45) is 1.57. The minimum Gasteiger partial charge on any atom is -0.462 e. The summed E-state index contributed by atoms with van der Waals surface area (Å²) in [7, 11) is 0. The molecule has 0 saturated carbocycles. The molecule has 4 nitrogen and oxygen atoms in total. The van der Waals surface area contributed by atoms with Crippen LogP contribution in [0.1, 0.15) is 21.5 Å². The molecule has 0 spiro atoms. The minimum absolute atomic E-state index is 0.204. The van der Waals surface area contributed by atoms with Crippen molar-refractivity contribution >= 4 is 11.9 Å². The van der Waals surface area contributed by atoms with Crippen molar-refractivity contribution in [1.82, 2.24) is 0 Å². The normalized spacial score (nSPS) is 9.71. The number of primary amides is 1. The first-order valence-corrected chi connectivity index (χ1v) is 5.23. The van der Waals surface area contributed by atoms with Crippen molar-refractivity contribution in [1.29, 1.82) is 0 Å². The van der Waals surface area contributed by atoms with Crippen molar-refractivity contribution in [3.8, 4) is 0 Å². The second-order valence-electron chi connectivity index (χ2n) is 3.59. The molecule has 0 atom stereocenters. The van der Waals surface area contributed by atoms with E-state index in [2.05, 4.69) is 6.58 Å². The molecule has 0 bridgehead atoms. The molecule has 17 heavy (non-hydrogen) atoms. The molecule has 0 aliphatic heterocycles. The van der Waals surface area contributed by atoms with Gasteiger partial charge in [-0.05, 0) is 24.1 Å². The lowest BCUT2D eigenvalue weighted by Gasteiger charge is -2.10. The molecule has 0 aliphatic rings. The lowest BCUT2D eigenvalue weighted by atomic mass is 9.99. The van der Waals surface area contributed by atoms with Crippen LogP contribution in [-0.2, 0) is 16.0 Å². The fraction of sp³-hybridized carbons (Fsp3) is 0.231. The summed E-state index contributed by atoms with van der Waals surface area (Å²) < 4.78 is 4.88. The largest absolute Gasteiger partial charge is 0.462 e. The predicted molar refractivity (Wildman–Crippen MR) is 64.6 cm³/mol. The lowest BCUT2D eigenvalue weighted by Crippen LogP contribution is -2.16. The van der Waals surface area contributed by atoms with E-state index in [1.165, 1.54) is 0 Å². The predicted octanol–water partition coefficient (Wildman–Crippen LogP) is 1.37. The first-order valence-electron chi connectivity index (χ1n) is 5.23. The van der Waals surface area contributed by atoms with E-state index in [1.54, 1.807) is 12.1 Å². The molecule has 0 fully saturated rings. The molecule has 0 radical (unpaired) electrons. The highest BCUT2D eigenvalue weighted by Crippen LogP contribution is 2.14. The number of amides is 1. The average Bonchev–Trinajstić information content (AvgIpc) is 2.30. The van der Waals surface area contributed by atoms with Crippen LogP contribution >= 0.6 is 0 Å². The summed E-state index contributed by atoms with van der Waals surface area (Å²) in [5.74, 6) is -0.946. The molecular formula is C13H15NO3. The molecule has 0 saturated heterocycles. The van der Waals surface area contributed by atoms with Crippen molar-refractivity contribution in [2.75, 3.05) is 6.61 Å². The number of aryl methyl sites for hydroxylation is 1. The Balaban J connectivity index is 2.79. The third-order valence-electron chi connectivity index (χ3n) is 2.44. The quantitative estimate of drug-likeness (QED) is 0.616. The molecule has 1 aromatic carbocycles. The van der Waals surface area contributed by atoms with Crippen LogP contribution < -0.4 is 5.73 Å². The maximum atomic E-state index is 11.2. The van der Waals surface area contributed by atoms with Crippen LogP contribution in [0.15, 0.2) is 30.9 Å². The van der Waals surface area contributed by atoms with E-state index in [-0.39, 0.29) is 6.61 Å². The third kappa shape index (κ3) is 3.45. The first kappa shape index (κ1) is 13.0. The van der Waals surface area contributed by atoms with Crippen LogP contribution in [0, 0.1) is 6.92 Å². The summed E-state index contributed by atoms with van der Waals surface area (Å²) in [5, 5.41) is 0. The van der Waals surface area contributed by atoms with E-state index >= 15 is 0 Å². The summed E-state index contributed by atoms with van der Waals surface area (Å²) in [4.78, 5) is 22.1. The van der Waals surface area contributed by atoms with E-state index < -0.39 is 11.9 Å². The Hall–Kier alpha value is -2.10. The maximum Gasteiger partial charge on any atom is 0.330 e. The maximum absolute atomic E-state index is 11.2. The molecule has 1 rings (SSSR count). The number of carbonyl (C=O) groups excluding carboxylic acids is 2. The van der Waals surface area contributed by atoms with Crippen LogP contribution in [0.25, 0.3) is 0 Å². The number of esters is 1. The van der Waals surface area contributed by atoms with Crippen LogP contribution in [0.4, 0.5) is 0 Å². The zero-order valence-electron chi connectivity index (χ0n) is 9.73. The second-order valence-corrected chi connectivity index (χ2v) is 3.59. The van der Waals surface area contributed by atoms with Gasteiger partial charge in [-0.3, -0.25) is 4.79 Å². The molecule has 0 aromatic heterocycles. The van der Waals surface area contributed by atoms with Crippen LogP contribution in [0.2, 0.25) is 0 Å². The molecule has 0 heterocycles. The Bertz CT molecular complexity index is 452. The minimum atomic E-state index is -0.473. The summed E-state index contributed by atoms with van der Waals surface area (Å²) >= 11 is 0. The van der Waals surface area contributed by atoms with Gasteiger partial charge in [0.05, 0.1) is 6.61 Å². The molecule has 1 amide bonds. The van der Waals surface area contributed by atoms with E-state index in [1.807, 2.05) is 13.0 Å². The van der Waals surface area contributed by atoms with Crippen molar-refractivity contribution in [3.63, 3.8) is 0 Å². The highest BCUT2D eigenvalue weighted by Gasteiger charge is 2.10. The van der Waals surface area contributed by atoms with Gasteiger partial charge >= 0.3 is 5.97 Å². The number of carbonyl (C=O) groups is 2. The number of ether oxygens (including phenoxy) is 1. The smallest absolute Gasteiger partial charge is 0.330 e. The zero-order valence-corrected chi connectivity index (χ0v) is 9.73. The molecule has 1 aromatic rings. The van der Waals surface area contributed by atoms with E-state index in [0.29, 0.717) is 12.0 Å². The van der Waals surface area contributed by atoms with Crippen molar-refractivity contribution in [2.45, 2.75) is 13.3 Å². The van der Waals surface area contributed by atoms with Gasteiger partial charge < -0.3 is 10.5 Å². The van der Waals surface area contributed by atoms with E-state index in [0.717, 1.165) is 17.2 Å². The molecule has 0 unspecified atom stereocenters. The number of hydrogen-bond donors (Lipinski definition) is 1. The highest BCUT2D eigenvalue weighted by atomic mass is 16.5. The van der Waals surface area contributed by atoms with Gasteiger partial charge in [0.2, 0.25) is 5.91 Å². The van der Waals surface area contributed by atoms with Crippen LogP contribution in [0.5, 0.6) is 0 Å². The Labute approximate surface area is 100 Å². The monoisotopic (exact) mass is 233 g/mol. The molecule has 90 valence electrons. The molecule has 0 aliphatic carbocycles. The molecular weight excluding hydrogens is 218 g/mol. The van der Waals surface area contributed by atoms with Gasteiger partial charge in [-0.2, -0.15) is 0 Å². The third-order valence-corrected chi connectivity index (χ3v) is 2.44. The van der Waals surface area contributed by atoms with Crippen molar-refractivity contribution < 1.29 is 14.3 Å². The van der Waals surface area contributed by atoms with Crippen molar-refractivity contribution in [2.24, 2.45) is 5.73 Å². The Morgan fingerprint density at radius 3 is 2.76 bits per heavy atom. The fourth-order valence-corrected chi connectivity index (χ4v) is 1.58. The summed E-state index contributed by atoms with van der Waals surface area (Å²) in [5.41, 5.74) is 7.52. The van der Waals surface area contributed by atoms with Gasteiger partial charge in [0, 0.05) is 18.1 Å². The van der Waals surface area contributed by atoms with Crippen molar-refractivity contribution in [3.05, 3.63) is 47.5 Å². The van der Waals surface area contributed by atoms with Gasteiger partial charge in [-0.1, -0.05) is 18.7 Å². The topological polar surface area (TPSA) is 69.4 Å². The standard InChI is InChI=1S/C13H15NO3/c1-3-12(15)17-8-7-10-9(2)5-4-6-11(10)13(14)16/h3-6H,1,7-8H2,2H3,(H2,14,16). The Kier molecular flexibility index (Phi) is 4.46. The lowest BCUT2D eigenvalue weighted by molar-refractivity contribution is -0.137. The van der Waals surface area contributed by atoms with Gasteiger partial charge in [0.1, 0.15) is 0 Å².